The SMILES string of the molecule is COC(=O)Nc1cc2c(cn1)OCc1cc(OCC(C)(CC(C)C)NC(=O)OC(C)(C)C)ccc1-2.COC(=O)Nc1cc2c(cn1)OCc1cc(OCC(C)(N)CC(C)C)ccc1-2. The second kappa shape index (κ2) is 20.3. The van der Waals surface area contributed by atoms with E-state index >= 15 is 0 Å². The quantitative estimate of drug-likeness (QED) is 0.0926. The van der Waals surface area contributed by atoms with Gasteiger partial charge < -0.3 is 44.2 Å². The van der Waals surface area contributed by atoms with Gasteiger partial charge in [0.25, 0.3) is 0 Å². The predicted octanol–water partition coefficient (Wildman–Crippen LogP) is 9.49. The van der Waals surface area contributed by atoms with E-state index in [9.17, 15) is 14.4 Å². The second-order valence-electron chi connectivity index (χ2n) is 18.2. The fraction of sp³-hybridized carbons (Fsp3) is 0.468. The Morgan fingerprint density at radius 1 is 0.667 bits per heavy atom. The van der Waals surface area contributed by atoms with Gasteiger partial charge in [0.2, 0.25) is 0 Å². The summed E-state index contributed by atoms with van der Waals surface area (Å²) >= 11 is 0. The first kappa shape index (κ1) is 47.8. The van der Waals surface area contributed by atoms with E-state index in [0.717, 1.165) is 52.0 Å². The van der Waals surface area contributed by atoms with Crippen LogP contribution < -0.4 is 40.6 Å². The molecule has 16 nitrogen and oxygen atoms in total. The minimum absolute atomic E-state index is 0.276. The molecule has 5 N–H and O–H groups in total. The lowest BCUT2D eigenvalue weighted by Crippen LogP contribution is -2.52. The Hall–Kier alpha value is -6.29. The number of nitrogens with zero attached hydrogens (tertiary/aromatic N) is 2. The summed E-state index contributed by atoms with van der Waals surface area (Å²) < 4.78 is 38.4. The Labute approximate surface area is 369 Å². The van der Waals surface area contributed by atoms with Crippen LogP contribution >= 0.6 is 0 Å². The highest BCUT2D eigenvalue weighted by Gasteiger charge is 2.31. The molecule has 0 spiro atoms. The van der Waals surface area contributed by atoms with E-state index < -0.39 is 29.4 Å². The van der Waals surface area contributed by atoms with Gasteiger partial charge in [-0.25, -0.2) is 24.4 Å². The van der Waals surface area contributed by atoms with Crippen molar-refractivity contribution in [3.8, 4) is 45.3 Å². The van der Waals surface area contributed by atoms with E-state index in [4.69, 9.17) is 29.4 Å². The van der Waals surface area contributed by atoms with Crippen molar-refractivity contribution in [2.24, 2.45) is 17.6 Å². The maximum Gasteiger partial charge on any atom is 0.412 e. The van der Waals surface area contributed by atoms with E-state index in [0.29, 0.717) is 60.5 Å². The smallest absolute Gasteiger partial charge is 0.412 e. The van der Waals surface area contributed by atoms with Crippen molar-refractivity contribution in [2.75, 3.05) is 38.1 Å². The lowest BCUT2D eigenvalue weighted by Gasteiger charge is -2.33. The highest BCUT2D eigenvalue weighted by atomic mass is 16.6. The Bertz CT molecular complexity index is 2260. The summed E-state index contributed by atoms with van der Waals surface area (Å²) in [5.41, 5.74) is 10.3. The fourth-order valence-electron chi connectivity index (χ4n) is 7.46. The number of aromatic nitrogens is 2. The number of hydrogen-bond acceptors (Lipinski definition) is 13. The number of nitrogens with two attached hydrogens (primary N) is 1. The van der Waals surface area contributed by atoms with Crippen LogP contribution in [0.25, 0.3) is 22.3 Å². The molecular formula is C47H62N6O10. The average Bonchev–Trinajstić information content (AvgIpc) is 3.20. The molecule has 2 aromatic carbocycles. The molecule has 0 bridgehead atoms. The van der Waals surface area contributed by atoms with Crippen molar-refractivity contribution in [3.63, 3.8) is 0 Å². The Morgan fingerprint density at radius 2 is 1.13 bits per heavy atom. The van der Waals surface area contributed by atoms with Crippen LogP contribution in [0, 0.1) is 11.8 Å². The number of benzene rings is 2. The third kappa shape index (κ3) is 13.9. The summed E-state index contributed by atoms with van der Waals surface area (Å²) in [5.74, 6) is 4.34. The summed E-state index contributed by atoms with van der Waals surface area (Å²) in [6, 6.07) is 15.2. The largest absolute Gasteiger partial charge is 0.492 e. The van der Waals surface area contributed by atoms with Gasteiger partial charge in [0.05, 0.1) is 32.2 Å². The molecule has 2 atom stereocenters. The number of fused-ring (bicyclic) bond motifs is 6. The van der Waals surface area contributed by atoms with E-state index in [-0.39, 0.29) is 12.1 Å². The van der Waals surface area contributed by atoms with Gasteiger partial charge in [0.1, 0.15) is 66.7 Å². The molecule has 4 aromatic rings. The number of hydrogen-bond donors (Lipinski definition) is 4. The minimum Gasteiger partial charge on any atom is -0.492 e. The first-order valence-electron chi connectivity index (χ1n) is 20.9. The van der Waals surface area contributed by atoms with Gasteiger partial charge in [-0.3, -0.25) is 10.6 Å². The zero-order valence-corrected chi connectivity index (χ0v) is 38.2. The van der Waals surface area contributed by atoms with E-state index in [1.807, 2.05) is 71.0 Å². The van der Waals surface area contributed by atoms with Crippen molar-refractivity contribution < 1.29 is 47.5 Å². The zero-order chi connectivity index (χ0) is 46.1. The molecule has 0 fully saturated rings. The molecule has 0 radical (unpaired) electrons. The summed E-state index contributed by atoms with van der Waals surface area (Å²) in [6.45, 7) is 19.5. The Balaban J connectivity index is 0.000000243. The number of carbonyl (C=O) groups excluding carboxylic acids is 3. The van der Waals surface area contributed by atoms with Crippen LogP contribution in [0.2, 0.25) is 0 Å². The van der Waals surface area contributed by atoms with Crippen molar-refractivity contribution in [2.45, 2.75) is 105 Å². The fourth-order valence-corrected chi connectivity index (χ4v) is 7.46. The summed E-state index contributed by atoms with van der Waals surface area (Å²) in [4.78, 5) is 43.8. The topological polar surface area (TPSA) is 204 Å². The molecular weight excluding hydrogens is 809 g/mol. The molecule has 16 heteroatoms. The second-order valence-corrected chi connectivity index (χ2v) is 18.2. The third-order valence-electron chi connectivity index (χ3n) is 9.73. The summed E-state index contributed by atoms with van der Waals surface area (Å²) in [7, 11) is 2.60. The van der Waals surface area contributed by atoms with Crippen LogP contribution in [0.1, 0.15) is 86.3 Å². The molecule has 0 aliphatic carbocycles. The van der Waals surface area contributed by atoms with E-state index in [1.54, 1.807) is 24.5 Å². The normalized spacial score (nSPS) is 14.2. The molecule has 340 valence electrons. The molecule has 63 heavy (non-hydrogen) atoms. The molecule has 2 aliphatic rings. The number of pyridine rings is 2. The van der Waals surface area contributed by atoms with Gasteiger partial charge in [0.15, 0.2) is 0 Å². The highest BCUT2D eigenvalue weighted by molar-refractivity contribution is 5.87. The standard InChI is InChI=1S/C26H35N3O6.C21H27N3O4/c1-16(2)12-26(6,29-24(31)35-25(3,4)5)15-34-18-8-9-19-17(10-18)14-33-21-13-27-22(11-20(19)21)28-23(30)32-7;1-13(2)9-21(3,22)12-28-15-5-6-16-14(7-15)11-27-18-10-23-19(8-17(16)18)24-20(25)26-4/h8-11,13,16H,12,14-15H2,1-7H3,(H,29,31)(H,27,28,30);5-8,10,13H,9,11-12,22H2,1-4H3,(H,23,24,25). The van der Waals surface area contributed by atoms with Gasteiger partial charge in [0, 0.05) is 27.8 Å². The van der Waals surface area contributed by atoms with Gasteiger partial charge in [-0.05, 0) is 107 Å². The molecule has 4 heterocycles. The van der Waals surface area contributed by atoms with Gasteiger partial charge in [-0.1, -0.05) is 39.8 Å². The zero-order valence-electron chi connectivity index (χ0n) is 38.2. The number of rotatable bonds is 13. The van der Waals surface area contributed by atoms with Gasteiger partial charge in [-0.15, -0.1) is 0 Å². The monoisotopic (exact) mass is 870 g/mol. The number of carbonyl (C=O) groups is 3. The average molecular weight is 871 g/mol. The summed E-state index contributed by atoms with van der Waals surface area (Å²) in [5, 5.41) is 8.13. The molecule has 0 saturated heterocycles. The van der Waals surface area contributed by atoms with Crippen molar-refractivity contribution in [1.82, 2.24) is 15.3 Å². The van der Waals surface area contributed by atoms with E-state index in [1.165, 1.54) is 14.2 Å². The number of methoxy groups -OCH3 is 2. The van der Waals surface area contributed by atoms with Crippen molar-refractivity contribution in [1.29, 1.82) is 0 Å². The molecule has 6 rings (SSSR count). The molecule has 2 unspecified atom stereocenters. The lowest BCUT2D eigenvalue weighted by molar-refractivity contribution is 0.0407. The van der Waals surface area contributed by atoms with Gasteiger partial charge in [-0.2, -0.15) is 0 Å². The molecule has 2 aliphatic heterocycles. The van der Waals surface area contributed by atoms with Crippen LogP contribution in [-0.4, -0.2) is 72.4 Å². The maximum absolute atomic E-state index is 12.4. The lowest BCUT2D eigenvalue weighted by atomic mass is 9.91. The highest BCUT2D eigenvalue weighted by Crippen LogP contribution is 2.41. The maximum atomic E-state index is 12.4. The Kier molecular flexibility index (Phi) is 15.4. The first-order valence-corrected chi connectivity index (χ1v) is 20.9. The predicted molar refractivity (Wildman–Crippen MR) is 240 cm³/mol. The molecule has 3 amide bonds. The minimum atomic E-state index is -0.615. The number of ether oxygens (including phenoxy) is 7. The van der Waals surface area contributed by atoms with Gasteiger partial charge >= 0.3 is 18.3 Å². The van der Waals surface area contributed by atoms with E-state index in [2.05, 4.69) is 63.1 Å². The number of amides is 3. The summed E-state index contributed by atoms with van der Waals surface area (Å²) in [6.07, 6.45) is 3.15. The molecule has 0 saturated carbocycles. The van der Waals surface area contributed by atoms with Crippen molar-refractivity contribution in [3.05, 3.63) is 72.1 Å². The first-order chi connectivity index (χ1) is 29.6. The number of anilines is 2. The molecule has 2 aromatic heterocycles. The van der Waals surface area contributed by atoms with Crippen LogP contribution in [0.15, 0.2) is 60.9 Å². The van der Waals surface area contributed by atoms with Crippen molar-refractivity contribution >= 4 is 29.9 Å². The van der Waals surface area contributed by atoms with Crippen LogP contribution in [0.3, 0.4) is 0 Å². The van der Waals surface area contributed by atoms with Crippen LogP contribution in [0.5, 0.6) is 23.0 Å². The third-order valence-corrected chi connectivity index (χ3v) is 9.73. The Morgan fingerprint density at radius 3 is 1.56 bits per heavy atom. The van der Waals surface area contributed by atoms with Crippen LogP contribution in [0.4, 0.5) is 26.0 Å². The number of nitrogens with one attached hydrogen (secondary N) is 3. The van der Waals surface area contributed by atoms with Crippen LogP contribution in [-0.2, 0) is 27.4 Å². The number of alkyl carbamates (subject to hydrolysis) is 1.